The number of benzene rings is 2. The first kappa shape index (κ1) is 19.6. The van der Waals surface area contributed by atoms with Crippen molar-refractivity contribution in [3.8, 4) is 5.75 Å². The lowest BCUT2D eigenvalue weighted by molar-refractivity contribution is -0.115. The van der Waals surface area contributed by atoms with Crippen LogP contribution >= 0.6 is 11.3 Å². The molecule has 3 aromatic rings. The van der Waals surface area contributed by atoms with Crippen LogP contribution < -0.4 is 5.32 Å². The number of aryl methyl sites for hydroxylation is 2. The van der Waals surface area contributed by atoms with E-state index in [9.17, 15) is 14.7 Å². The van der Waals surface area contributed by atoms with Crippen LogP contribution in [0.2, 0.25) is 0 Å². The lowest BCUT2D eigenvalue weighted by atomic mass is 10.1. The van der Waals surface area contributed by atoms with Gasteiger partial charge >= 0.3 is 5.97 Å². The van der Waals surface area contributed by atoms with E-state index in [4.69, 9.17) is 4.74 Å². The lowest BCUT2D eigenvalue weighted by Gasteiger charge is -2.08. The number of aromatic hydroxyl groups is 1. The van der Waals surface area contributed by atoms with Gasteiger partial charge in [-0.2, -0.15) is 0 Å². The molecule has 0 aliphatic heterocycles. The third-order valence-electron chi connectivity index (χ3n) is 4.01. The van der Waals surface area contributed by atoms with Crippen molar-refractivity contribution >= 4 is 28.9 Å². The van der Waals surface area contributed by atoms with Crippen molar-refractivity contribution in [1.29, 1.82) is 0 Å². The molecule has 28 heavy (non-hydrogen) atoms. The number of nitrogens with zero attached hydrogens (tertiary/aromatic N) is 1. The minimum atomic E-state index is -0.543. The molecule has 2 N–H and O–H groups in total. The average molecular weight is 396 g/mol. The van der Waals surface area contributed by atoms with Gasteiger partial charge in [0.15, 0.2) is 0 Å². The number of amides is 1. The molecule has 1 aromatic heterocycles. The van der Waals surface area contributed by atoms with Crippen LogP contribution in [0.3, 0.4) is 0 Å². The number of rotatable bonds is 6. The van der Waals surface area contributed by atoms with E-state index in [1.807, 2.05) is 32.0 Å². The normalized spacial score (nSPS) is 10.5. The number of carbonyl (C=O) groups excluding carboxylic acids is 2. The third-order valence-corrected chi connectivity index (χ3v) is 4.91. The van der Waals surface area contributed by atoms with Crippen LogP contribution in [0.4, 0.5) is 5.69 Å². The van der Waals surface area contributed by atoms with Crippen LogP contribution in [-0.2, 0) is 22.6 Å². The SMILES string of the molecule is Cc1ccc(C)c(NC(=O)Cc2nc(COC(=O)c3cccc(O)c3)cs2)c1. The van der Waals surface area contributed by atoms with Gasteiger partial charge in [-0.1, -0.05) is 18.2 Å². The molecular formula is C21H20N2O4S. The summed E-state index contributed by atoms with van der Waals surface area (Å²) in [7, 11) is 0. The Kier molecular flexibility index (Phi) is 6.06. The van der Waals surface area contributed by atoms with Crippen LogP contribution in [0.25, 0.3) is 0 Å². The van der Waals surface area contributed by atoms with E-state index in [1.165, 1.54) is 23.5 Å². The van der Waals surface area contributed by atoms with Crippen LogP contribution in [0.1, 0.15) is 32.2 Å². The Hall–Kier alpha value is -3.19. The van der Waals surface area contributed by atoms with Gasteiger partial charge in [0.2, 0.25) is 5.91 Å². The number of anilines is 1. The first-order chi connectivity index (χ1) is 13.4. The minimum Gasteiger partial charge on any atom is -0.508 e. The second-order valence-corrected chi connectivity index (χ2v) is 7.35. The smallest absolute Gasteiger partial charge is 0.338 e. The second-order valence-electron chi connectivity index (χ2n) is 6.40. The fourth-order valence-corrected chi connectivity index (χ4v) is 3.33. The van der Waals surface area contributed by atoms with E-state index in [-0.39, 0.29) is 30.2 Å². The number of thiazole rings is 1. The van der Waals surface area contributed by atoms with Gasteiger partial charge in [0.05, 0.1) is 17.7 Å². The first-order valence-corrected chi connectivity index (χ1v) is 9.55. The highest BCUT2D eigenvalue weighted by Gasteiger charge is 2.12. The zero-order valence-electron chi connectivity index (χ0n) is 15.6. The van der Waals surface area contributed by atoms with Crippen molar-refractivity contribution in [3.63, 3.8) is 0 Å². The molecule has 144 valence electrons. The maximum absolute atomic E-state index is 12.3. The van der Waals surface area contributed by atoms with Crippen molar-refractivity contribution < 1.29 is 19.4 Å². The van der Waals surface area contributed by atoms with E-state index in [0.717, 1.165) is 16.8 Å². The summed E-state index contributed by atoms with van der Waals surface area (Å²) in [5, 5.41) is 14.7. The summed E-state index contributed by atoms with van der Waals surface area (Å²) in [6, 6.07) is 11.8. The number of esters is 1. The zero-order chi connectivity index (χ0) is 20.1. The Labute approximate surface area is 166 Å². The van der Waals surface area contributed by atoms with E-state index >= 15 is 0 Å². The summed E-state index contributed by atoms with van der Waals surface area (Å²) in [6.07, 6.45) is 0.151. The van der Waals surface area contributed by atoms with E-state index in [2.05, 4.69) is 10.3 Å². The molecule has 1 amide bonds. The quantitative estimate of drug-likeness (QED) is 0.615. The van der Waals surface area contributed by atoms with Gasteiger partial charge in [0.1, 0.15) is 17.4 Å². The third kappa shape index (κ3) is 5.17. The predicted octanol–water partition coefficient (Wildman–Crippen LogP) is 4.00. The van der Waals surface area contributed by atoms with Crippen molar-refractivity contribution in [3.05, 3.63) is 75.2 Å². The molecule has 0 aliphatic carbocycles. The number of aromatic nitrogens is 1. The lowest BCUT2D eigenvalue weighted by Crippen LogP contribution is -2.15. The molecule has 0 saturated heterocycles. The zero-order valence-corrected chi connectivity index (χ0v) is 16.4. The van der Waals surface area contributed by atoms with Crippen molar-refractivity contribution in [1.82, 2.24) is 4.98 Å². The number of phenols is 1. The number of carbonyl (C=O) groups is 2. The summed E-state index contributed by atoms with van der Waals surface area (Å²) in [6.45, 7) is 3.92. The number of hydrogen-bond acceptors (Lipinski definition) is 6. The Morgan fingerprint density at radius 2 is 2.00 bits per heavy atom. The predicted molar refractivity (Wildman–Crippen MR) is 108 cm³/mol. The van der Waals surface area contributed by atoms with Gasteiger partial charge in [-0.05, 0) is 49.2 Å². The number of ether oxygens (including phenoxy) is 1. The number of nitrogens with one attached hydrogen (secondary N) is 1. The summed E-state index contributed by atoms with van der Waals surface area (Å²) in [4.78, 5) is 28.6. The van der Waals surface area contributed by atoms with Crippen molar-refractivity contribution in [2.45, 2.75) is 26.9 Å². The highest BCUT2D eigenvalue weighted by molar-refractivity contribution is 7.09. The maximum Gasteiger partial charge on any atom is 0.338 e. The maximum atomic E-state index is 12.3. The fourth-order valence-electron chi connectivity index (χ4n) is 2.55. The Morgan fingerprint density at radius 1 is 1.18 bits per heavy atom. The molecule has 3 rings (SSSR count). The van der Waals surface area contributed by atoms with Crippen LogP contribution in [0.5, 0.6) is 5.75 Å². The highest BCUT2D eigenvalue weighted by atomic mass is 32.1. The van der Waals surface area contributed by atoms with Crippen molar-refractivity contribution in [2.75, 3.05) is 5.32 Å². The summed E-state index contributed by atoms with van der Waals surface area (Å²) in [5.41, 5.74) is 3.71. The molecule has 0 bridgehead atoms. The molecule has 0 aliphatic rings. The summed E-state index contributed by atoms with van der Waals surface area (Å²) < 4.78 is 5.21. The Morgan fingerprint density at radius 3 is 2.79 bits per heavy atom. The molecule has 0 unspecified atom stereocenters. The molecule has 0 fully saturated rings. The number of phenolic OH excluding ortho intramolecular Hbond substituents is 1. The average Bonchev–Trinajstić information content (AvgIpc) is 3.10. The van der Waals surface area contributed by atoms with E-state index < -0.39 is 5.97 Å². The molecule has 7 heteroatoms. The number of hydrogen-bond donors (Lipinski definition) is 2. The van der Waals surface area contributed by atoms with Gasteiger partial charge in [-0.25, -0.2) is 9.78 Å². The molecule has 0 radical (unpaired) electrons. The van der Waals surface area contributed by atoms with Gasteiger partial charge in [-0.15, -0.1) is 11.3 Å². The first-order valence-electron chi connectivity index (χ1n) is 8.67. The van der Waals surface area contributed by atoms with Crippen LogP contribution in [-0.4, -0.2) is 22.0 Å². The van der Waals surface area contributed by atoms with Gasteiger partial charge in [0, 0.05) is 11.1 Å². The van der Waals surface area contributed by atoms with Crippen LogP contribution in [0.15, 0.2) is 47.8 Å². The van der Waals surface area contributed by atoms with E-state index in [0.29, 0.717) is 10.7 Å². The monoisotopic (exact) mass is 396 g/mol. The minimum absolute atomic E-state index is 0.000235. The van der Waals surface area contributed by atoms with Gasteiger partial charge in [0.25, 0.3) is 0 Å². The highest BCUT2D eigenvalue weighted by Crippen LogP contribution is 2.18. The molecule has 1 heterocycles. The molecule has 0 atom stereocenters. The largest absolute Gasteiger partial charge is 0.508 e. The van der Waals surface area contributed by atoms with Crippen molar-refractivity contribution in [2.24, 2.45) is 0 Å². The Bertz CT molecular complexity index is 1010. The molecule has 2 aromatic carbocycles. The molecular weight excluding hydrogens is 376 g/mol. The Balaban J connectivity index is 1.54. The summed E-state index contributed by atoms with van der Waals surface area (Å²) in [5.74, 6) is -0.690. The second kappa shape index (κ2) is 8.67. The van der Waals surface area contributed by atoms with Gasteiger partial charge < -0.3 is 15.2 Å². The fraction of sp³-hybridized carbons (Fsp3) is 0.190. The molecule has 0 spiro atoms. The topological polar surface area (TPSA) is 88.5 Å². The molecule has 0 saturated carbocycles. The van der Waals surface area contributed by atoms with Crippen LogP contribution in [0, 0.1) is 13.8 Å². The molecule has 6 nitrogen and oxygen atoms in total. The summed E-state index contributed by atoms with van der Waals surface area (Å²) >= 11 is 1.34. The van der Waals surface area contributed by atoms with Gasteiger partial charge in [-0.3, -0.25) is 4.79 Å². The van der Waals surface area contributed by atoms with E-state index in [1.54, 1.807) is 17.5 Å². The standard InChI is InChI=1S/C21H20N2O4S/c1-13-6-7-14(2)18(8-13)23-19(25)10-20-22-16(12-28-20)11-27-21(26)15-4-3-5-17(24)9-15/h3-9,12,24H,10-11H2,1-2H3,(H,23,25).